The number of carboxylic acids is 1. The van der Waals surface area contributed by atoms with Gasteiger partial charge in [-0.1, -0.05) is 23.2 Å². The average molecular weight is 364 g/mol. The van der Waals surface area contributed by atoms with Gasteiger partial charge in [0.15, 0.2) is 0 Å². The smallest absolute Gasteiger partial charge is 0.337 e. The number of hydrogen-bond acceptors (Lipinski definition) is 3. The predicted molar refractivity (Wildman–Crippen MR) is 80.6 cm³/mol. The molecule has 0 heterocycles. The van der Waals surface area contributed by atoms with Gasteiger partial charge >= 0.3 is 5.97 Å². The molecule has 0 spiro atoms. The van der Waals surface area contributed by atoms with Crippen molar-refractivity contribution in [2.75, 3.05) is 4.72 Å². The molecule has 116 valence electrons. The maximum Gasteiger partial charge on any atom is 0.337 e. The molecule has 5 nitrogen and oxygen atoms in total. The summed E-state index contributed by atoms with van der Waals surface area (Å²) >= 11 is 11.4. The van der Waals surface area contributed by atoms with Crippen LogP contribution < -0.4 is 4.72 Å². The Labute approximate surface area is 135 Å². The highest BCUT2D eigenvalue weighted by molar-refractivity contribution is 7.92. The number of hydrogen-bond donors (Lipinski definition) is 2. The molecule has 0 aliphatic heterocycles. The summed E-state index contributed by atoms with van der Waals surface area (Å²) in [5, 5.41) is 8.74. The Kier molecular flexibility index (Phi) is 4.60. The molecule has 2 rings (SSSR count). The van der Waals surface area contributed by atoms with Crippen LogP contribution in [-0.2, 0) is 10.0 Å². The van der Waals surface area contributed by atoms with Gasteiger partial charge in [0, 0.05) is 0 Å². The Balaban J connectivity index is 2.42. The van der Waals surface area contributed by atoms with Crippen molar-refractivity contribution < 1.29 is 22.7 Å². The van der Waals surface area contributed by atoms with E-state index in [0.29, 0.717) is 0 Å². The highest BCUT2D eigenvalue weighted by Crippen LogP contribution is 2.27. The SMILES string of the molecule is O=C(O)c1cc(S(=O)(=O)Nc2ccc(F)cc2Cl)ccc1Cl. The van der Waals surface area contributed by atoms with Crippen LogP contribution in [0.25, 0.3) is 0 Å². The summed E-state index contributed by atoms with van der Waals surface area (Å²) < 4.78 is 39.6. The lowest BCUT2D eigenvalue weighted by Gasteiger charge is -2.10. The Morgan fingerprint density at radius 1 is 1.09 bits per heavy atom. The monoisotopic (exact) mass is 363 g/mol. The molecular formula is C13H8Cl2FNO4S. The topological polar surface area (TPSA) is 83.5 Å². The lowest BCUT2D eigenvalue weighted by atomic mass is 10.2. The molecule has 0 fully saturated rings. The number of benzene rings is 2. The summed E-state index contributed by atoms with van der Waals surface area (Å²) in [6.45, 7) is 0. The van der Waals surface area contributed by atoms with Crippen LogP contribution in [0, 0.1) is 5.82 Å². The molecule has 2 N–H and O–H groups in total. The molecule has 0 radical (unpaired) electrons. The van der Waals surface area contributed by atoms with Crippen molar-refractivity contribution in [2.24, 2.45) is 0 Å². The molecule has 0 bridgehead atoms. The minimum atomic E-state index is -4.10. The quantitative estimate of drug-likeness (QED) is 0.868. The first-order valence-corrected chi connectivity index (χ1v) is 7.95. The zero-order chi connectivity index (χ0) is 16.5. The van der Waals surface area contributed by atoms with Crippen LogP contribution in [0.15, 0.2) is 41.3 Å². The molecule has 0 unspecified atom stereocenters. The fourth-order valence-corrected chi connectivity index (χ4v) is 3.19. The van der Waals surface area contributed by atoms with Gasteiger partial charge < -0.3 is 5.11 Å². The van der Waals surface area contributed by atoms with E-state index in [4.69, 9.17) is 28.3 Å². The minimum Gasteiger partial charge on any atom is -0.478 e. The van der Waals surface area contributed by atoms with Crippen LogP contribution >= 0.6 is 23.2 Å². The molecule has 9 heteroatoms. The number of carbonyl (C=O) groups is 1. The van der Waals surface area contributed by atoms with Crippen LogP contribution in [0.1, 0.15) is 10.4 Å². The van der Waals surface area contributed by atoms with Gasteiger partial charge in [-0.05, 0) is 36.4 Å². The van der Waals surface area contributed by atoms with Crippen molar-refractivity contribution in [2.45, 2.75) is 4.90 Å². The van der Waals surface area contributed by atoms with Gasteiger partial charge in [-0.25, -0.2) is 17.6 Å². The Hall–Kier alpha value is -1.83. The normalized spacial score (nSPS) is 11.2. The third-order valence-corrected chi connectivity index (χ3v) is 4.66. The van der Waals surface area contributed by atoms with E-state index in [9.17, 15) is 17.6 Å². The number of nitrogens with one attached hydrogen (secondary N) is 1. The molecule has 0 atom stereocenters. The second-order valence-corrected chi connectivity index (χ2v) is 6.67. The number of sulfonamides is 1. The maximum atomic E-state index is 12.9. The molecule has 0 saturated heterocycles. The number of carboxylic acid groups (broad SMARTS) is 1. The standard InChI is InChI=1S/C13H8Cl2FNO4S/c14-10-3-2-8(6-9(10)13(18)19)22(20,21)17-12-4-1-7(16)5-11(12)15/h1-6,17H,(H,18,19). The number of aromatic carboxylic acids is 1. The van der Waals surface area contributed by atoms with E-state index >= 15 is 0 Å². The highest BCUT2D eigenvalue weighted by Gasteiger charge is 2.19. The molecular weight excluding hydrogens is 356 g/mol. The van der Waals surface area contributed by atoms with Crippen molar-refractivity contribution in [1.29, 1.82) is 0 Å². The van der Waals surface area contributed by atoms with E-state index in [-0.39, 0.29) is 26.2 Å². The highest BCUT2D eigenvalue weighted by atomic mass is 35.5. The molecule has 0 aromatic heterocycles. The fourth-order valence-electron chi connectivity index (χ4n) is 1.61. The lowest BCUT2D eigenvalue weighted by molar-refractivity contribution is 0.0697. The first-order valence-electron chi connectivity index (χ1n) is 5.71. The fraction of sp³-hybridized carbons (Fsp3) is 0. The summed E-state index contributed by atoms with van der Waals surface area (Å²) in [6, 6.07) is 6.37. The summed E-state index contributed by atoms with van der Waals surface area (Å²) in [5.41, 5.74) is -0.385. The first kappa shape index (κ1) is 16.5. The average Bonchev–Trinajstić information content (AvgIpc) is 2.42. The van der Waals surface area contributed by atoms with Crippen LogP contribution in [0.2, 0.25) is 10.0 Å². The third kappa shape index (κ3) is 3.49. The van der Waals surface area contributed by atoms with Gasteiger partial charge in [-0.3, -0.25) is 4.72 Å². The van der Waals surface area contributed by atoms with E-state index in [0.717, 1.165) is 36.4 Å². The van der Waals surface area contributed by atoms with Crippen molar-refractivity contribution in [1.82, 2.24) is 0 Å². The zero-order valence-electron chi connectivity index (χ0n) is 10.7. The van der Waals surface area contributed by atoms with E-state index in [2.05, 4.69) is 4.72 Å². The first-order chi connectivity index (χ1) is 10.2. The molecule has 22 heavy (non-hydrogen) atoms. The van der Waals surface area contributed by atoms with E-state index < -0.39 is 21.8 Å². The van der Waals surface area contributed by atoms with E-state index in [1.54, 1.807) is 0 Å². The molecule has 0 saturated carbocycles. The number of halogens is 3. The van der Waals surface area contributed by atoms with Crippen molar-refractivity contribution >= 4 is 44.9 Å². The van der Waals surface area contributed by atoms with Gasteiger partial charge in [-0.2, -0.15) is 0 Å². The van der Waals surface area contributed by atoms with E-state index in [1.807, 2.05) is 0 Å². The molecule has 2 aromatic rings. The summed E-state index contributed by atoms with van der Waals surface area (Å²) in [5.74, 6) is -1.98. The van der Waals surface area contributed by atoms with Crippen LogP contribution in [0.4, 0.5) is 10.1 Å². The molecule has 0 amide bonds. The minimum absolute atomic E-state index is 0.0325. The Bertz CT molecular complexity index is 855. The number of rotatable bonds is 4. The summed E-state index contributed by atoms with van der Waals surface area (Å²) in [6.07, 6.45) is 0. The van der Waals surface area contributed by atoms with Crippen molar-refractivity contribution in [3.05, 3.63) is 57.8 Å². The van der Waals surface area contributed by atoms with E-state index in [1.165, 1.54) is 0 Å². The van der Waals surface area contributed by atoms with Crippen LogP contribution in [-0.4, -0.2) is 19.5 Å². The molecule has 0 aliphatic carbocycles. The van der Waals surface area contributed by atoms with Crippen molar-refractivity contribution in [3.63, 3.8) is 0 Å². The van der Waals surface area contributed by atoms with Crippen molar-refractivity contribution in [3.8, 4) is 0 Å². The predicted octanol–water partition coefficient (Wildman–Crippen LogP) is 3.63. The van der Waals surface area contributed by atoms with Crippen LogP contribution in [0.3, 0.4) is 0 Å². The summed E-state index contributed by atoms with van der Waals surface area (Å²) in [4.78, 5) is 10.7. The van der Waals surface area contributed by atoms with Gasteiger partial charge in [-0.15, -0.1) is 0 Å². The Morgan fingerprint density at radius 2 is 1.77 bits per heavy atom. The Morgan fingerprint density at radius 3 is 2.36 bits per heavy atom. The van der Waals surface area contributed by atoms with Crippen LogP contribution in [0.5, 0.6) is 0 Å². The summed E-state index contributed by atoms with van der Waals surface area (Å²) in [7, 11) is -4.10. The molecule has 2 aromatic carbocycles. The number of anilines is 1. The maximum absolute atomic E-state index is 12.9. The van der Waals surface area contributed by atoms with Gasteiger partial charge in [0.25, 0.3) is 10.0 Å². The second kappa shape index (κ2) is 6.12. The molecule has 0 aliphatic rings. The second-order valence-electron chi connectivity index (χ2n) is 4.18. The third-order valence-electron chi connectivity index (χ3n) is 2.65. The zero-order valence-corrected chi connectivity index (χ0v) is 13.0. The largest absolute Gasteiger partial charge is 0.478 e. The van der Waals surface area contributed by atoms with Gasteiger partial charge in [0.2, 0.25) is 0 Å². The lowest BCUT2D eigenvalue weighted by Crippen LogP contribution is -2.14. The van der Waals surface area contributed by atoms with Gasteiger partial charge in [0.05, 0.1) is 26.2 Å². The van der Waals surface area contributed by atoms with Gasteiger partial charge in [0.1, 0.15) is 5.82 Å².